The quantitative estimate of drug-likeness (QED) is 0.550. The fourth-order valence-corrected chi connectivity index (χ4v) is 2.10. The first-order chi connectivity index (χ1) is 9.01. The summed E-state index contributed by atoms with van der Waals surface area (Å²) in [5.74, 6) is -0.442. The number of carbonyl (C=O) groups excluding carboxylic acids is 2. The number of nitrogens with two attached hydrogens (primary N) is 1. The van der Waals surface area contributed by atoms with Gasteiger partial charge in [-0.25, -0.2) is 4.79 Å². The number of nitrogens with one attached hydrogen (secondary N) is 2. The fraction of sp³-hybridized carbons (Fsp3) is 0.385. The molecule has 6 heteroatoms. The van der Waals surface area contributed by atoms with Crippen LogP contribution in [0.4, 0.5) is 11.4 Å². The van der Waals surface area contributed by atoms with E-state index >= 15 is 0 Å². The predicted octanol–water partition coefficient (Wildman–Crippen LogP) is 0.664. The van der Waals surface area contributed by atoms with Crippen LogP contribution < -0.4 is 16.4 Å². The molecule has 1 unspecified atom stereocenters. The van der Waals surface area contributed by atoms with E-state index in [0.29, 0.717) is 24.2 Å². The van der Waals surface area contributed by atoms with E-state index in [9.17, 15) is 9.59 Å². The van der Waals surface area contributed by atoms with Crippen molar-refractivity contribution in [2.75, 3.05) is 24.7 Å². The maximum absolute atomic E-state index is 11.6. The van der Waals surface area contributed by atoms with Crippen molar-refractivity contribution in [1.82, 2.24) is 5.32 Å². The van der Waals surface area contributed by atoms with Crippen molar-refractivity contribution in [2.24, 2.45) is 0 Å². The van der Waals surface area contributed by atoms with Crippen LogP contribution in [0.15, 0.2) is 12.1 Å². The number of carbonyl (C=O) groups is 2. The molecule has 1 amide bonds. The first kappa shape index (κ1) is 13.2. The van der Waals surface area contributed by atoms with Crippen molar-refractivity contribution < 1.29 is 14.3 Å². The normalized spacial score (nSPS) is 18.0. The Bertz CT molecular complexity index is 528. The number of methoxy groups -OCH3 is 1. The number of esters is 1. The molecule has 0 bridgehead atoms. The highest BCUT2D eigenvalue weighted by atomic mass is 16.5. The Balaban J connectivity index is 2.24. The summed E-state index contributed by atoms with van der Waals surface area (Å²) in [6.07, 6.45) is 0.428. The molecule has 1 aromatic rings. The van der Waals surface area contributed by atoms with Crippen LogP contribution in [0, 0.1) is 6.92 Å². The van der Waals surface area contributed by atoms with Crippen molar-refractivity contribution in [3.8, 4) is 0 Å². The molecular formula is C13H17N3O3. The molecule has 1 aliphatic heterocycles. The van der Waals surface area contributed by atoms with Gasteiger partial charge in [0.25, 0.3) is 0 Å². The zero-order chi connectivity index (χ0) is 14.0. The van der Waals surface area contributed by atoms with Gasteiger partial charge in [-0.2, -0.15) is 0 Å². The topological polar surface area (TPSA) is 93.5 Å². The van der Waals surface area contributed by atoms with Gasteiger partial charge < -0.3 is 21.1 Å². The second-order valence-electron chi connectivity index (χ2n) is 4.60. The molecule has 4 N–H and O–H groups in total. The van der Waals surface area contributed by atoms with Crippen LogP contribution >= 0.6 is 0 Å². The van der Waals surface area contributed by atoms with Crippen molar-refractivity contribution >= 4 is 23.3 Å². The molecular weight excluding hydrogens is 246 g/mol. The maximum atomic E-state index is 11.6. The van der Waals surface area contributed by atoms with E-state index in [2.05, 4.69) is 10.6 Å². The standard InChI is InChI=1S/C13H17N3O3/c1-7-3-8(16-9-5-11(17)15-6-9)4-10(12(7)14)13(18)19-2/h3-4,9,16H,5-6,14H2,1-2H3,(H,15,17). The Morgan fingerprint density at radius 3 is 2.84 bits per heavy atom. The van der Waals surface area contributed by atoms with Crippen LogP contribution in [-0.4, -0.2) is 31.6 Å². The van der Waals surface area contributed by atoms with Crippen LogP contribution in [0.5, 0.6) is 0 Å². The second kappa shape index (κ2) is 5.17. The molecule has 0 aromatic heterocycles. The third-order valence-electron chi connectivity index (χ3n) is 3.14. The minimum atomic E-state index is -0.468. The van der Waals surface area contributed by atoms with Gasteiger partial charge in [0.15, 0.2) is 0 Å². The SMILES string of the molecule is COC(=O)c1cc(NC2CNC(=O)C2)cc(C)c1N. The summed E-state index contributed by atoms with van der Waals surface area (Å²) in [6, 6.07) is 3.53. The van der Waals surface area contributed by atoms with E-state index in [1.54, 1.807) is 6.07 Å². The molecule has 2 rings (SSSR count). The molecule has 102 valence electrons. The Kier molecular flexibility index (Phi) is 3.59. The van der Waals surface area contributed by atoms with Gasteiger partial charge in [-0.15, -0.1) is 0 Å². The summed E-state index contributed by atoms with van der Waals surface area (Å²) >= 11 is 0. The van der Waals surface area contributed by atoms with Gasteiger partial charge in [0.05, 0.1) is 18.7 Å². The molecule has 0 saturated carbocycles. The lowest BCUT2D eigenvalue weighted by molar-refractivity contribution is -0.119. The van der Waals surface area contributed by atoms with E-state index in [-0.39, 0.29) is 11.9 Å². The number of amides is 1. The van der Waals surface area contributed by atoms with E-state index in [0.717, 1.165) is 11.3 Å². The van der Waals surface area contributed by atoms with Gasteiger partial charge in [0.1, 0.15) is 0 Å². The van der Waals surface area contributed by atoms with Crippen LogP contribution in [0.1, 0.15) is 22.3 Å². The summed E-state index contributed by atoms with van der Waals surface area (Å²) in [5, 5.41) is 5.96. The molecule has 1 heterocycles. The Hall–Kier alpha value is -2.24. The lowest BCUT2D eigenvalue weighted by Crippen LogP contribution is -2.22. The number of ether oxygens (including phenoxy) is 1. The molecule has 1 atom stereocenters. The number of hydrogen-bond acceptors (Lipinski definition) is 5. The molecule has 1 aromatic carbocycles. The van der Waals surface area contributed by atoms with Crippen LogP contribution in [0.25, 0.3) is 0 Å². The maximum Gasteiger partial charge on any atom is 0.340 e. The average Bonchev–Trinajstić information content (AvgIpc) is 2.78. The summed E-state index contributed by atoms with van der Waals surface area (Å²) in [5.41, 5.74) is 8.17. The molecule has 1 aliphatic rings. The monoisotopic (exact) mass is 263 g/mol. The first-order valence-corrected chi connectivity index (χ1v) is 6.03. The predicted molar refractivity (Wildman–Crippen MR) is 72.0 cm³/mol. The number of anilines is 2. The summed E-state index contributed by atoms with van der Waals surface area (Å²) < 4.78 is 4.70. The van der Waals surface area contributed by atoms with Crippen LogP contribution in [0.3, 0.4) is 0 Å². The summed E-state index contributed by atoms with van der Waals surface area (Å²) in [4.78, 5) is 22.8. The highest BCUT2D eigenvalue weighted by molar-refractivity contribution is 5.97. The van der Waals surface area contributed by atoms with E-state index in [1.807, 2.05) is 13.0 Å². The average molecular weight is 263 g/mol. The van der Waals surface area contributed by atoms with Crippen molar-refractivity contribution in [1.29, 1.82) is 0 Å². The van der Waals surface area contributed by atoms with Crippen molar-refractivity contribution in [2.45, 2.75) is 19.4 Å². The van der Waals surface area contributed by atoms with Gasteiger partial charge in [-0.3, -0.25) is 4.79 Å². The lowest BCUT2D eigenvalue weighted by Gasteiger charge is -2.15. The Morgan fingerprint density at radius 2 is 2.26 bits per heavy atom. The van der Waals surface area contributed by atoms with Crippen LogP contribution in [0.2, 0.25) is 0 Å². The smallest absolute Gasteiger partial charge is 0.340 e. The highest BCUT2D eigenvalue weighted by Crippen LogP contribution is 2.24. The summed E-state index contributed by atoms with van der Waals surface area (Å²) in [7, 11) is 1.32. The molecule has 6 nitrogen and oxygen atoms in total. The molecule has 0 aliphatic carbocycles. The number of aryl methyl sites for hydroxylation is 1. The minimum Gasteiger partial charge on any atom is -0.465 e. The first-order valence-electron chi connectivity index (χ1n) is 6.03. The molecule has 0 radical (unpaired) electrons. The minimum absolute atomic E-state index is 0.0258. The van der Waals surface area contributed by atoms with Crippen molar-refractivity contribution in [3.05, 3.63) is 23.3 Å². The third kappa shape index (κ3) is 2.78. The van der Waals surface area contributed by atoms with Gasteiger partial charge in [-0.05, 0) is 24.6 Å². The number of benzene rings is 1. The Labute approximate surface area is 111 Å². The largest absolute Gasteiger partial charge is 0.465 e. The van der Waals surface area contributed by atoms with E-state index in [1.165, 1.54) is 7.11 Å². The second-order valence-corrected chi connectivity index (χ2v) is 4.60. The molecule has 1 saturated heterocycles. The molecule has 19 heavy (non-hydrogen) atoms. The van der Waals surface area contributed by atoms with Gasteiger partial charge in [-0.1, -0.05) is 0 Å². The zero-order valence-corrected chi connectivity index (χ0v) is 10.9. The van der Waals surface area contributed by atoms with Gasteiger partial charge in [0.2, 0.25) is 5.91 Å². The third-order valence-corrected chi connectivity index (χ3v) is 3.14. The van der Waals surface area contributed by atoms with Crippen molar-refractivity contribution in [3.63, 3.8) is 0 Å². The number of rotatable bonds is 3. The summed E-state index contributed by atoms with van der Waals surface area (Å²) in [6.45, 7) is 2.40. The Morgan fingerprint density at radius 1 is 1.53 bits per heavy atom. The lowest BCUT2D eigenvalue weighted by atomic mass is 10.1. The van der Waals surface area contributed by atoms with E-state index < -0.39 is 5.97 Å². The fourth-order valence-electron chi connectivity index (χ4n) is 2.10. The van der Waals surface area contributed by atoms with Gasteiger partial charge in [0, 0.05) is 24.3 Å². The highest BCUT2D eigenvalue weighted by Gasteiger charge is 2.22. The van der Waals surface area contributed by atoms with Crippen LogP contribution in [-0.2, 0) is 9.53 Å². The number of hydrogen-bond donors (Lipinski definition) is 3. The van der Waals surface area contributed by atoms with E-state index in [4.69, 9.17) is 10.5 Å². The molecule has 1 fully saturated rings. The molecule has 0 spiro atoms. The zero-order valence-electron chi connectivity index (χ0n) is 10.9. The number of nitrogen functional groups attached to an aromatic ring is 1. The van der Waals surface area contributed by atoms with Gasteiger partial charge >= 0.3 is 5.97 Å².